The van der Waals surface area contributed by atoms with Crippen molar-refractivity contribution in [3.63, 3.8) is 0 Å². The van der Waals surface area contributed by atoms with Crippen molar-refractivity contribution in [1.29, 1.82) is 0 Å². The fourth-order valence-electron chi connectivity index (χ4n) is 2.58. The molecule has 1 N–H and O–H groups in total. The van der Waals surface area contributed by atoms with Crippen molar-refractivity contribution in [3.8, 4) is 0 Å². The van der Waals surface area contributed by atoms with E-state index in [4.69, 9.17) is 23.2 Å². The quantitative estimate of drug-likeness (QED) is 0.483. The first kappa shape index (κ1) is 15.0. The summed E-state index contributed by atoms with van der Waals surface area (Å²) >= 11 is 12.1. The summed E-state index contributed by atoms with van der Waals surface area (Å²) in [5, 5.41) is 11.8. The van der Waals surface area contributed by atoms with E-state index in [0.29, 0.717) is 22.3 Å². The Labute approximate surface area is 136 Å². The maximum Gasteiger partial charge on any atom is 0.170 e. The standard InChI is InChI=1S/C16H11Cl2NO3/c17-9-6-8-4-5-10(18)13(15(8)19-7-9)16(22)14-11(20)2-1-3-12(14)21/h4-7,22H,1-3H2. The van der Waals surface area contributed by atoms with Crippen LogP contribution < -0.4 is 0 Å². The Hall–Kier alpha value is -1.91. The molecule has 1 aliphatic rings. The summed E-state index contributed by atoms with van der Waals surface area (Å²) < 4.78 is 0. The van der Waals surface area contributed by atoms with E-state index >= 15 is 0 Å². The number of carbonyl (C=O) groups excluding carboxylic acids is 2. The number of hydrogen-bond donors (Lipinski definition) is 1. The molecule has 1 aromatic heterocycles. The van der Waals surface area contributed by atoms with Crippen LogP contribution in [0.3, 0.4) is 0 Å². The van der Waals surface area contributed by atoms with Crippen LogP contribution in [-0.2, 0) is 9.59 Å². The number of carbonyl (C=O) groups is 2. The second-order valence-corrected chi connectivity index (χ2v) is 5.91. The smallest absolute Gasteiger partial charge is 0.170 e. The van der Waals surface area contributed by atoms with E-state index in [-0.39, 0.29) is 40.6 Å². The van der Waals surface area contributed by atoms with E-state index in [1.165, 1.54) is 6.20 Å². The van der Waals surface area contributed by atoms with E-state index in [1.54, 1.807) is 18.2 Å². The van der Waals surface area contributed by atoms with Crippen molar-refractivity contribution in [3.05, 3.63) is 45.6 Å². The molecular weight excluding hydrogens is 325 g/mol. The lowest BCUT2D eigenvalue weighted by molar-refractivity contribution is -0.123. The Morgan fingerprint density at radius 3 is 2.50 bits per heavy atom. The van der Waals surface area contributed by atoms with Crippen LogP contribution in [0.1, 0.15) is 24.8 Å². The molecule has 0 radical (unpaired) electrons. The average Bonchev–Trinajstić information content (AvgIpc) is 2.47. The highest BCUT2D eigenvalue weighted by Gasteiger charge is 2.29. The summed E-state index contributed by atoms with van der Waals surface area (Å²) in [6.45, 7) is 0. The van der Waals surface area contributed by atoms with Gasteiger partial charge in [0.25, 0.3) is 0 Å². The number of aliphatic hydroxyl groups is 1. The predicted octanol–water partition coefficient (Wildman–Crippen LogP) is 4.13. The summed E-state index contributed by atoms with van der Waals surface area (Å²) in [6.07, 6.45) is 2.41. The Kier molecular flexibility index (Phi) is 3.89. The minimum absolute atomic E-state index is 0.183. The SMILES string of the molecule is O=C1CCCC(=O)C1=C(O)c1c(Cl)ccc2cc(Cl)cnc12. The van der Waals surface area contributed by atoms with Crippen molar-refractivity contribution < 1.29 is 14.7 Å². The van der Waals surface area contributed by atoms with Crippen molar-refractivity contribution in [2.45, 2.75) is 19.3 Å². The van der Waals surface area contributed by atoms with Gasteiger partial charge < -0.3 is 5.11 Å². The number of hydrogen-bond acceptors (Lipinski definition) is 4. The zero-order valence-electron chi connectivity index (χ0n) is 11.4. The zero-order valence-corrected chi connectivity index (χ0v) is 12.9. The highest BCUT2D eigenvalue weighted by atomic mass is 35.5. The molecule has 1 fully saturated rings. The average molecular weight is 336 g/mol. The molecule has 3 rings (SSSR count). The summed E-state index contributed by atoms with van der Waals surface area (Å²) in [4.78, 5) is 28.2. The number of rotatable bonds is 1. The Balaban J connectivity index is 2.31. The molecule has 2 aromatic rings. The first-order valence-corrected chi connectivity index (χ1v) is 7.48. The van der Waals surface area contributed by atoms with Crippen LogP contribution in [0.15, 0.2) is 30.0 Å². The van der Waals surface area contributed by atoms with Gasteiger partial charge in [0.1, 0.15) is 11.3 Å². The van der Waals surface area contributed by atoms with Crippen LogP contribution in [0, 0.1) is 0 Å². The molecular formula is C16H11Cl2NO3. The van der Waals surface area contributed by atoms with E-state index in [0.717, 1.165) is 0 Å². The third kappa shape index (κ3) is 2.49. The fraction of sp³-hybridized carbons (Fsp3) is 0.188. The molecule has 0 aliphatic heterocycles. The van der Waals surface area contributed by atoms with Crippen LogP contribution in [0.4, 0.5) is 0 Å². The number of Topliss-reactive ketones (excluding diaryl/α,β-unsaturated/α-hetero) is 2. The van der Waals surface area contributed by atoms with Crippen LogP contribution >= 0.6 is 23.2 Å². The summed E-state index contributed by atoms with van der Waals surface area (Å²) in [6, 6.07) is 4.96. The molecule has 0 saturated heterocycles. The number of allylic oxidation sites excluding steroid dienone is 1. The molecule has 0 unspecified atom stereocenters. The maximum atomic E-state index is 12.0. The highest BCUT2D eigenvalue weighted by Crippen LogP contribution is 2.34. The van der Waals surface area contributed by atoms with Gasteiger partial charge in [0.05, 0.1) is 21.1 Å². The van der Waals surface area contributed by atoms with E-state index < -0.39 is 5.76 Å². The van der Waals surface area contributed by atoms with Gasteiger partial charge in [-0.05, 0) is 18.6 Å². The predicted molar refractivity (Wildman–Crippen MR) is 85.2 cm³/mol. The molecule has 0 bridgehead atoms. The molecule has 0 spiro atoms. The van der Waals surface area contributed by atoms with Gasteiger partial charge in [-0.25, -0.2) is 0 Å². The van der Waals surface area contributed by atoms with Crippen molar-refractivity contribution in [2.24, 2.45) is 0 Å². The number of benzene rings is 1. The number of nitrogens with zero attached hydrogens (tertiary/aromatic N) is 1. The molecule has 0 amide bonds. The molecule has 0 atom stereocenters. The van der Waals surface area contributed by atoms with Crippen LogP contribution in [0.2, 0.25) is 10.0 Å². The normalized spacial score (nSPS) is 15.5. The van der Waals surface area contributed by atoms with E-state index in [9.17, 15) is 14.7 Å². The van der Waals surface area contributed by atoms with Gasteiger partial charge in [0.15, 0.2) is 11.6 Å². The molecule has 22 heavy (non-hydrogen) atoms. The van der Waals surface area contributed by atoms with E-state index in [1.807, 2.05) is 0 Å². The molecule has 1 heterocycles. The Morgan fingerprint density at radius 2 is 1.82 bits per heavy atom. The summed E-state index contributed by atoms with van der Waals surface area (Å²) in [5.41, 5.74) is 0.403. The zero-order chi connectivity index (χ0) is 15.9. The van der Waals surface area contributed by atoms with Gasteiger partial charge in [0, 0.05) is 24.4 Å². The van der Waals surface area contributed by atoms with Crippen LogP contribution in [-0.4, -0.2) is 21.7 Å². The number of pyridine rings is 1. The second kappa shape index (κ2) is 5.71. The molecule has 6 heteroatoms. The number of ketones is 2. The summed E-state index contributed by atoms with van der Waals surface area (Å²) in [5.74, 6) is -1.13. The minimum atomic E-state index is -0.403. The van der Waals surface area contributed by atoms with Crippen molar-refractivity contribution >= 4 is 51.4 Å². The number of aliphatic hydroxyl groups excluding tert-OH is 1. The number of aromatic nitrogens is 1. The first-order chi connectivity index (χ1) is 10.5. The number of halogens is 2. The second-order valence-electron chi connectivity index (χ2n) is 5.07. The minimum Gasteiger partial charge on any atom is -0.506 e. The van der Waals surface area contributed by atoms with Gasteiger partial charge in [-0.2, -0.15) is 0 Å². The lowest BCUT2D eigenvalue weighted by Gasteiger charge is -2.15. The van der Waals surface area contributed by atoms with Gasteiger partial charge in [-0.15, -0.1) is 0 Å². The monoisotopic (exact) mass is 335 g/mol. The highest BCUT2D eigenvalue weighted by molar-refractivity contribution is 6.35. The van der Waals surface area contributed by atoms with Crippen molar-refractivity contribution in [2.75, 3.05) is 0 Å². The lowest BCUT2D eigenvalue weighted by Crippen LogP contribution is -2.20. The maximum absolute atomic E-state index is 12.0. The van der Waals surface area contributed by atoms with Crippen LogP contribution in [0.25, 0.3) is 16.7 Å². The molecule has 1 saturated carbocycles. The number of fused-ring (bicyclic) bond motifs is 1. The van der Waals surface area contributed by atoms with Crippen LogP contribution in [0.5, 0.6) is 0 Å². The van der Waals surface area contributed by atoms with Crippen molar-refractivity contribution in [1.82, 2.24) is 4.98 Å². The molecule has 1 aromatic carbocycles. The third-order valence-electron chi connectivity index (χ3n) is 3.61. The molecule has 112 valence electrons. The first-order valence-electron chi connectivity index (χ1n) is 6.73. The molecule has 4 nitrogen and oxygen atoms in total. The summed E-state index contributed by atoms with van der Waals surface area (Å²) in [7, 11) is 0. The van der Waals surface area contributed by atoms with E-state index in [2.05, 4.69) is 4.98 Å². The van der Waals surface area contributed by atoms with Gasteiger partial charge in [-0.1, -0.05) is 29.3 Å². The molecule has 1 aliphatic carbocycles. The van der Waals surface area contributed by atoms with Gasteiger partial charge in [0.2, 0.25) is 0 Å². The third-order valence-corrected chi connectivity index (χ3v) is 4.13. The lowest BCUT2D eigenvalue weighted by atomic mass is 9.89. The van der Waals surface area contributed by atoms with Gasteiger partial charge in [-0.3, -0.25) is 14.6 Å². The fourth-order valence-corrected chi connectivity index (χ4v) is 2.99. The Bertz CT molecular complexity index is 825. The topological polar surface area (TPSA) is 67.3 Å². The van der Waals surface area contributed by atoms with Gasteiger partial charge >= 0.3 is 0 Å². The Morgan fingerprint density at radius 1 is 1.14 bits per heavy atom. The largest absolute Gasteiger partial charge is 0.506 e.